The number of carbonyl (C=O) groups excluding carboxylic acids is 1. The molecule has 2 rings (SSSR count). The highest BCUT2D eigenvalue weighted by atomic mass is 79.9. The average Bonchev–Trinajstić information content (AvgIpc) is 2.63. The summed E-state index contributed by atoms with van der Waals surface area (Å²) in [6.07, 6.45) is 2.92. The van der Waals surface area contributed by atoms with Gasteiger partial charge in [0.25, 0.3) is 0 Å². The minimum atomic E-state index is -0.226. The first kappa shape index (κ1) is 10.4. The maximum absolute atomic E-state index is 11.9. The molecule has 0 fully saturated rings. The van der Waals surface area contributed by atoms with Crippen molar-refractivity contribution in [2.45, 2.75) is 0 Å². The molecule has 2 aromatic heterocycles. The zero-order valence-electron chi connectivity index (χ0n) is 7.41. The van der Waals surface area contributed by atoms with Gasteiger partial charge in [0.15, 0.2) is 5.76 Å². The molecule has 0 aliphatic rings. The van der Waals surface area contributed by atoms with E-state index >= 15 is 0 Å². The van der Waals surface area contributed by atoms with Gasteiger partial charge >= 0.3 is 0 Å². The molecule has 0 N–H and O–H groups in total. The predicted molar refractivity (Wildman–Crippen MR) is 59.1 cm³/mol. The molecule has 3 nitrogen and oxygen atoms in total. The van der Waals surface area contributed by atoms with Gasteiger partial charge < -0.3 is 4.42 Å². The molecular weight excluding hydrogens is 281 g/mol. The molecule has 2 aromatic rings. The second-order valence-corrected chi connectivity index (χ2v) is 4.04. The van der Waals surface area contributed by atoms with Gasteiger partial charge in [-0.25, -0.2) is 4.98 Å². The van der Waals surface area contributed by atoms with Gasteiger partial charge in [-0.05, 0) is 34.1 Å². The molecule has 0 bridgehead atoms. The Morgan fingerprint density at radius 3 is 2.87 bits per heavy atom. The van der Waals surface area contributed by atoms with Gasteiger partial charge in [-0.3, -0.25) is 4.79 Å². The molecule has 0 atom stereocenters. The Kier molecular flexibility index (Phi) is 2.88. The summed E-state index contributed by atoms with van der Waals surface area (Å²) in [7, 11) is 0. The Morgan fingerprint density at radius 1 is 1.47 bits per heavy atom. The van der Waals surface area contributed by atoms with E-state index in [9.17, 15) is 4.79 Å². The maximum atomic E-state index is 11.9. The average molecular weight is 287 g/mol. The lowest BCUT2D eigenvalue weighted by Crippen LogP contribution is -2.00. The van der Waals surface area contributed by atoms with Crippen molar-refractivity contribution >= 4 is 33.3 Å². The Bertz CT molecular complexity index is 510. The number of nitrogens with zero attached hydrogens (tertiary/aromatic N) is 1. The van der Waals surface area contributed by atoms with E-state index in [-0.39, 0.29) is 16.7 Å². The number of ketones is 1. The van der Waals surface area contributed by atoms with Crippen molar-refractivity contribution in [1.82, 2.24) is 4.98 Å². The van der Waals surface area contributed by atoms with Crippen LogP contribution in [0.4, 0.5) is 0 Å². The lowest BCUT2D eigenvalue weighted by molar-refractivity contribution is 0.101. The predicted octanol–water partition coefficient (Wildman–Crippen LogP) is 3.32. The third-order valence-electron chi connectivity index (χ3n) is 1.81. The highest BCUT2D eigenvalue weighted by Gasteiger charge is 2.16. The Morgan fingerprint density at radius 2 is 2.27 bits per heavy atom. The molecule has 0 spiro atoms. The van der Waals surface area contributed by atoms with Gasteiger partial charge in [-0.15, -0.1) is 0 Å². The summed E-state index contributed by atoms with van der Waals surface area (Å²) >= 11 is 8.90. The van der Waals surface area contributed by atoms with Crippen LogP contribution in [-0.2, 0) is 0 Å². The normalized spacial score (nSPS) is 10.3. The zero-order valence-corrected chi connectivity index (χ0v) is 9.75. The number of furan rings is 1. The monoisotopic (exact) mass is 285 g/mol. The molecule has 0 amide bonds. The van der Waals surface area contributed by atoms with Crippen LogP contribution in [0.3, 0.4) is 0 Å². The van der Waals surface area contributed by atoms with Crippen LogP contribution in [0.5, 0.6) is 0 Å². The van der Waals surface area contributed by atoms with E-state index in [1.165, 1.54) is 18.5 Å². The summed E-state index contributed by atoms with van der Waals surface area (Å²) in [5.74, 6) is 0.0356. The van der Waals surface area contributed by atoms with Crippen molar-refractivity contribution in [3.05, 3.63) is 51.6 Å². The third-order valence-corrected chi connectivity index (χ3v) is 2.64. The smallest absolute Gasteiger partial charge is 0.229 e. The second-order valence-electron chi connectivity index (χ2n) is 2.79. The van der Waals surface area contributed by atoms with E-state index in [0.29, 0.717) is 10.0 Å². The Hall–Kier alpha value is -1.13. The molecule has 0 unspecified atom stereocenters. The molecule has 0 radical (unpaired) electrons. The maximum Gasteiger partial charge on any atom is 0.229 e. The van der Waals surface area contributed by atoms with Crippen LogP contribution >= 0.6 is 27.5 Å². The van der Waals surface area contributed by atoms with Crippen LogP contribution in [0.1, 0.15) is 16.1 Å². The highest BCUT2D eigenvalue weighted by molar-refractivity contribution is 9.10. The number of hydrogen-bond acceptors (Lipinski definition) is 3. The van der Waals surface area contributed by atoms with E-state index in [2.05, 4.69) is 20.9 Å². The largest absolute Gasteiger partial charge is 0.460 e. The Labute approximate surface area is 99.2 Å². The van der Waals surface area contributed by atoms with Crippen LogP contribution in [0.2, 0.25) is 5.15 Å². The summed E-state index contributed by atoms with van der Waals surface area (Å²) in [6, 6.07) is 4.75. The van der Waals surface area contributed by atoms with Crippen molar-refractivity contribution < 1.29 is 9.21 Å². The molecule has 15 heavy (non-hydrogen) atoms. The van der Waals surface area contributed by atoms with E-state index in [1.54, 1.807) is 12.1 Å². The van der Waals surface area contributed by atoms with Gasteiger partial charge in [0.05, 0.1) is 10.7 Å². The minimum Gasteiger partial charge on any atom is -0.460 e. The molecule has 76 valence electrons. The first-order valence-corrected chi connectivity index (χ1v) is 5.25. The summed E-state index contributed by atoms with van der Waals surface area (Å²) in [5, 5.41) is 0.281. The topological polar surface area (TPSA) is 43.1 Å². The number of carbonyl (C=O) groups is 1. The number of aromatic nitrogens is 1. The molecule has 2 heterocycles. The fourth-order valence-corrected chi connectivity index (χ4v) is 1.69. The Balaban J connectivity index is 2.41. The fourth-order valence-electron chi connectivity index (χ4n) is 1.13. The van der Waals surface area contributed by atoms with Crippen LogP contribution in [0.15, 0.2) is 39.5 Å². The third kappa shape index (κ3) is 2.11. The van der Waals surface area contributed by atoms with Crippen molar-refractivity contribution in [2.24, 2.45) is 0 Å². The van der Waals surface area contributed by atoms with E-state index in [0.717, 1.165) is 0 Å². The van der Waals surface area contributed by atoms with Gasteiger partial charge in [-0.2, -0.15) is 0 Å². The minimum absolute atomic E-state index is 0.226. The van der Waals surface area contributed by atoms with Crippen LogP contribution in [-0.4, -0.2) is 10.8 Å². The van der Waals surface area contributed by atoms with Gasteiger partial charge in [0.1, 0.15) is 5.15 Å². The molecular formula is C10H5BrClNO2. The van der Waals surface area contributed by atoms with Crippen LogP contribution in [0.25, 0.3) is 0 Å². The zero-order chi connectivity index (χ0) is 10.8. The summed E-state index contributed by atoms with van der Waals surface area (Å²) in [6.45, 7) is 0. The van der Waals surface area contributed by atoms with E-state index in [4.69, 9.17) is 16.0 Å². The molecule has 0 aliphatic carbocycles. The molecule has 0 saturated carbocycles. The quantitative estimate of drug-likeness (QED) is 0.628. The SMILES string of the molecule is O=C(c1ccnc(Cl)c1)c1occc1Br. The van der Waals surface area contributed by atoms with Crippen molar-refractivity contribution in [3.63, 3.8) is 0 Å². The number of rotatable bonds is 2. The lowest BCUT2D eigenvalue weighted by Gasteiger charge is -1.98. The van der Waals surface area contributed by atoms with Crippen molar-refractivity contribution in [3.8, 4) is 0 Å². The fraction of sp³-hybridized carbons (Fsp3) is 0. The van der Waals surface area contributed by atoms with Crippen molar-refractivity contribution in [1.29, 1.82) is 0 Å². The number of hydrogen-bond donors (Lipinski definition) is 0. The van der Waals surface area contributed by atoms with Gasteiger partial charge in [0, 0.05) is 11.8 Å². The van der Waals surface area contributed by atoms with Crippen LogP contribution < -0.4 is 0 Å². The van der Waals surface area contributed by atoms with Crippen molar-refractivity contribution in [2.75, 3.05) is 0 Å². The molecule has 5 heteroatoms. The number of halogens is 2. The summed E-state index contributed by atoms with van der Waals surface area (Å²) in [4.78, 5) is 15.7. The second kappa shape index (κ2) is 4.16. The van der Waals surface area contributed by atoms with E-state index < -0.39 is 0 Å². The van der Waals surface area contributed by atoms with Crippen LogP contribution in [0, 0.1) is 0 Å². The number of pyridine rings is 1. The van der Waals surface area contributed by atoms with E-state index in [1.807, 2.05) is 0 Å². The molecule has 0 saturated heterocycles. The van der Waals surface area contributed by atoms with Gasteiger partial charge in [-0.1, -0.05) is 11.6 Å². The first-order chi connectivity index (χ1) is 7.18. The lowest BCUT2D eigenvalue weighted by atomic mass is 10.1. The van der Waals surface area contributed by atoms with Gasteiger partial charge in [0.2, 0.25) is 5.78 Å². The summed E-state index contributed by atoms with van der Waals surface area (Å²) in [5.41, 5.74) is 0.450. The molecule has 0 aliphatic heterocycles. The molecule has 0 aromatic carbocycles. The first-order valence-electron chi connectivity index (χ1n) is 4.08. The standard InChI is InChI=1S/C10H5BrClNO2/c11-7-2-4-15-10(7)9(14)6-1-3-13-8(12)5-6/h1-5H. The summed E-state index contributed by atoms with van der Waals surface area (Å²) < 4.78 is 5.69. The highest BCUT2D eigenvalue weighted by Crippen LogP contribution is 2.21.